The van der Waals surface area contributed by atoms with Crippen molar-refractivity contribution in [3.8, 4) is 0 Å². The van der Waals surface area contributed by atoms with Crippen molar-refractivity contribution in [3.05, 3.63) is 36.0 Å². The van der Waals surface area contributed by atoms with E-state index < -0.39 is 0 Å². The van der Waals surface area contributed by atoms with Gasteiger partial charge in [-0.05, 0) is 51.0 Å². The van der Waals surface area contributed by atoms with Crippen LogP contribution in [0.2, 0.25) is 0 Å². The van der Waals surface area contributed by atoms with E-state index in [2.05, 4.69) is 54.2 Å². The van der Waals surface area contributed by atoms with Crippen LogP contribution in [-0.2, 0) is 0 Å². The number of pyridine rings is 1. The minimum atomic E-state index is 0.545. The highest BCUT2D eigenvalue weighted by Crippen LogP contribution is 2.26. The first kappa shape index (κ1) is 13.4. The van der Waals surface area contributed by atoms with E-state index in [0.29, 0.717) is 12.1 Å². The standard InChI is InChI=1S/C17H23N3/c1-12(2)20-10-8-14(11-20)19-16-7-6-13(3)17-15(16)5-4-9-18-17/h4-7,9,12,14,19H,8,10-11H2,1-3H3. The van der Waals surface area contributed by atoms with Gasteiger partial charge in [0, 0.05) is 42.4 Å². The van der Waals surface area contributed by atoms with E-state index in [-0.39, 0.29) is 0 Å². The highest BCUT2D eigenvalue weighted by atomic mass is 15.2. The Morgan fingerprint density at radius 2 is 2.15 bits per heavy atom. The SMILES string of the molecule is Cc1ccc(NC2CCN(C(C)C)C2)c2cccnc12. The lowest BCUT2D eigenvalue weighted by Gasteiger charge is -2.21. The van der Waals surface area contributed by atoms with Crippen LogP contribution in [0.4, 0.5) is 5.69 Å². The molecular formula is C17H23N3. The highest BCUT2D eigenvalue weighted by Gasteiger charge is 2.24. The van der Waals surface area contributed by atoms with E-state index in [1.54, 1.807) is 0 Å². The largest absolute Gasteiger partial charge is 0.380 e. The molecule has 1 aromatic heterocycles. The number of aromatic nitrogens is 1. The van der Waals surface area contributed by atoms with Gasteiger partial charge in [0.2, 0.25) is 0 Å². The summed E-state index contributed by atoms with van der Waals surface area (Å²) >= 11 is 0. The van der Waals surface area contributed by atoms with Crippen LogP contribution in [0.5, 0.6) is 0 Å². The van der Waals surface area contributed by atoms with Gasteiger partial charge < -0.3 is 5.32 Å². The van der Waals surface area contributed by atoms with Gasteiger partial charge in [0.05, 0.1) is 5.52 Å². The van der Waals surface area contributed by atoms with Gasteiger partial charge in [0.25, 0.3) is 0 Å². The smallest absolute Gasteiger partial charge is 0.0751 e. The van der Waals surface area contributed by atoms with Crippen molar-refractivity contribution in [1.82, 2.24) is 9.88 Å². The van der Waals surface area contributed by atoms with E-state index in [1.165, 1.54) is 29.6 Å². The lowest BCUT2D eigenvalue weighted by molar-refractivity contribution is 0.274. The van der Waals surface area contributed by atoms with Crippen molar-refractivity contribution in [2.24, 2.45) is 0 Å². The van der Waals surface area contributed by atoms with E-state index >= 15 is 0 Å². The van der Waals surface area contributed by atoms with Gasteiger partial charge in [-0.25, -0.2) is 0 Å². The normalized spacial score (nSPS) is 19.9. The molecular weight excluding hydrogens is 246 g/mol. The Labute approximate surface area is 121 Å². The molecule has 0 spiro atoms. The second kappa shape index (κ2) is 5.41. The second-order valence-electron chi connectivity index (χ2n) is 6.05. The first-order valence-electron chi connectivity index (χ1n) is 7.50. The summed E-state index contributed by atoms with van der Waals surface area (Å²) < 4.78 is 0. The first-order chi connectivity index (χ1) is 9.65. The van der Waals surface area contributed by atoms with Gasteiger partial charge in [0.1, 0.15) is 0 Å². The molecule has 1 unspecified atom stereocenters. The van der Waals surface area contributed by atoms with Crippen LogP contribution in [0.1, 0.15) is 25.8 Å². The number of fused-ring (bicyclic) bond motifs is 1. The van der Waals surface area contributed by atoms with Gasteiger partial charge in [-0.3, -0.25) is 9.88 Å². The molecule has 0 saturated carbocycles. The summed E-state index contributed by atoms with van der Waals surface area (Å²) in [6, 6.07) is 9.71. The Morgan fingerprint density at radius 3 is 2.90 bits per heavy atom. The second-order valence-corrected chi connectivity index (χ2v) is 6.05. The van der Waals surface area contributed by atoms with Crippen molar-refractivity contribution >= 4 is 16.6 Å². The molecule has 1 aliphatic heterocycles. The van der Waals surface area contributed by atoms with E-state index in [0.717, 1.165) is 12.1 Å². The number of rotatable bonds is 3. The zero-order chi connectivity index (χ0) is 14.1. The maximum Gasteiger partial charge on any atom is 0.0751 e. The van der Waals surface area contributed by atoms with Crippen LogP contribution >= 0.6 is 0 Å². The predicted octanol–water partition coefficient (Wildman–Crippen LogP) is 3.44. The molecule has 3 heteroatoms. The average molecular weight is 269 g/mol. The Bertz CT molecular complexity index is 606. The number of aryl methyl sites for hydroxylation is 1. The summed E-state index contributed by atoms with van der Waals surface area (Å²) in [6.45, 7) is 8.99. The first-order valence-corrected chi connectivity index (χ1v) is 7.50. The van der Waals surface area contributed by atoms with E-state index in [1.807, 2.05) is 12.3 Å². The van der Waals surface area contributed by atoms with E-state index in [9.17, 15) is 0 Å². The third-order valence-corrected chi connectivity index (χ3v) is 4.28. The van der Waals surface area contributed by atoms with Gasteiger partial charge >= 0.3 is 0 Å². The number of anilines is 1. The zero-order valence-corrected chi connectivity index (χ0v) is 12.6. The molecule has 20 heavy (non-hydrogen) atoms. The number of hydrogen-bond donors (Lipinski definition) is 1. The fraction of sp³-hybridized carbons (Fsp3) is 0.471. The van der Waals surface area contributed by atoms with Crippen molar-refractivity contribution in [2.75, 3.05) is 18.4 Å². The van der Waals surface area contributed by atoms with Crippen molar-refractivity contribution in [3.63, 3.8) is 0 Å². The monoisotopic (exact) mass is 269 g/mol. The molecule has 1 aliphatic rings. The number of hydrogen-bond acceptors (Lipinski definition) is 3. The third-order valence-electron chi connectivity index (χ3n) is 4.28. The molecule has 1 fully saturated rings. The molecule has 0 aliphatic carbocycles. The third kappa shape index (κ3) is 2.50. The van der Waals surface area contributed by atoms with Gasteiger partial charge in [-0.1, -0.05) is 6.07 Å². The van der Waals surface area contributed by atoms with Gasteiger partial charge in [0.15, 0.2) is 0 Å². The number of likely N-dealkylation sites (tertiary alicyclic amines) is 1. The zero-order valence-electron chi connectivity index (χ0n) is 12.6. The quantitative estimate of drug-likeness (QED) is 0.925. The fourth-order valence-electron chi connectivity index (χ4n) is 3.03. The molecule has 106 valence electrons. The summed E-state index contributed by atoms with van der Waals surface area (Å²) in [6.07, 6.45) is 3.09. The van der Waals surface area contributed by atoms with Gasteiger partial charge in [-0.15, -0.1) is 0 Å². The molecule has 3 rings (SSSR count). The molecule has 3 nitrogen and oxygen atoms in total. The Kier molecular flexibility index (Phi) is 3.62. The van der Waals surface area contributed by atoms with E-state index in [4.69, 9.17) is 0 Å². The summed E-state index contributed by atoms with van der Waals surface area (Å²) in [4.78, 5) is 7.04. The summed E-state index contributed by atoms with van der Waals surface area (Å²) in [5.41, 5.74) is 3.56. The fourth-order valence-corrected chi connectivity index (χ4v) is 3.03. The maximum absolute atomic E-state index is 4.51. The maximum atomic E-state index is 4.51. The molecule has 2 aromatic rings. The predicted molar refractivity (Wildman–Crippen MR) is 85.2 cm³/mol. The van der Waals surface area contributed by atoms with Crippen molar-refractivity contribution in [2.45, 2.75) is 39.3 Å². The van der Waals surface area contributed by atoms with Gasteiger partial charge in [-0.2, -0.15) is 0 Å². The molecule has 2 heterocycles. The molecule has 1 aromatic carbocycles. The average Bonchev–Trinajstić information content (AvgIpc) is 2.91. The summed E-state index contributed by atoms with van der Waals surface area (Å²) in [5, 5.41) is 4.95. The van der Waals surface area contributed by atoms with Crippen LogP contribution in [0.25, 0.3) is 10.9 Å². The van der Waals surface area contributed by atoms with Crippen LogP contribution in [-0.4, -0.2) is 35.1 Å². The Balaban J connectivity index is 1.84. The minimum Gasteiger partial charge on any atom is -0.380 e. The molecule has 0 bridgehead atoms. The molecule has 0 amide bonds. The van der Waals surface area contributed by atoms with Crippen molar-refractivity contribution in [1.29, 1.82) is 0 Å². The number of nitrogens with one attached hydrogen (secondary N) is 1. The Hall–Kier alpha value is -1.61. The lowest BCUT2D eigenvalue weighted by Crippen LogP contribution is -2.31. The van der Waals surface area contributed by atoms with Crippen LogP contribution < -0.4 is 5.32 Å². The lowest BCUT2D eigenvalue weighted by atomic mass is 10.1. The summed E-state index contributed by atoms with van der Waals surface area (Å²) in [5.74, 6) is 0. The molecule has 1 N–H and O–H groups in total. The Morgan fingerprint density at radius 1 is 1.30 bits per heavy atom. The van der Waals surface area contributed by atoms with Crippen LogP contribution in [0, 0.1) is 6.92 Å². The topological polar surface area (TPSA) is 28.2 Å². The highest BCUT2D eigenvalue weighted by molar-refractivity contribution is 5.93. The van der Waals surface area contributed by atoms with Crippen LogP contribution in [0.3, 0.4) is 0 Å². The molecule has 0 radical (unpaired) electrons. The van der Waals surface area contributed by atoms with Crippen molar-refractivity contribution < 1.29 is 0 Å². The minimum absolute atomic E-state index is 0.545. The number of nitrogens with zero attached hydrogens (tertiary/aromatic N) is 2. The van der Waals surface area contributed by atoms with Crippen LogP contribution in [0.15, 0.2) is 30.5 Å². The summed E-state index contributed by atoms with van der Waals surface area (Å²) in [7, 11) is 0. The molecule has 1 saturated heterocycles. The molecule has 1 atom stereocenters. The number of benzene rings is 1.